The first-order valence-electron chi connectivity index (χ1n) is 28.5. The Morgan fingerprint density at radius 1 is 0.798 bits per heavy atom. The predicted molar refractivity (Wildman–Crippen MR) is 299 cm³/mol. The molecule has 1 aliphatic carbocycles. The van der Waals surface area contributed by atoms with Gasteiger partial charge < -0.3 is 40.8 Å². The van der Waals surface area contributed by atoms with Gasteiger partial charge in [0.15, 0.2) is 23.0 Å². The molecule has 0 spiro atoms. The Morgan fingerprint density at radius 2 is 1.49 bits per heavy atom. The predicted octanol–water partition coefficient (Wildman–Crippen LogP) is 3.99. The van der Waals surface area contributed by atoms with Crippen LogP contribution in [0.15, 0.2) is 59.4 Å². The first kappa shape index (κ1) is 61.5. The maximum absolute atomic E-state index is 15.4. The number of Topliss-reactive ketones (excluding diaryl/α,β-unsaturated/α-hetero) is 3. The van der Waals surface area contributed by atoms with E-state index in [1.165, 1.54) is 22.8 Å². The molecule has 4 aliphatic rings. The summed E-state index contributed by atoms with van der Waals surface area (Å²) in [6, 6.07) is 9.90. The topological polar surface area (TPSA) is 324 Å². The Balaban J connectivity index is 0.779. The highest BCUT2D eigenvalue weighted by molar-refractivity contribution is 6.12. The summed E-state index contributed by atoms with van der Waals surface area (Å²) in [5.74, 6) is -7.97. The number of amides is 6. The molecule has 5 heterocycles. The van der Waals surface area contributed by atoms with Crippen LogP contribution in [0.1, 0.15) is 148 Å². The number of fused-ring (bicyclic) bond motifs is 5. The molecule has 4 atom stereocenters. The fourth-order valence-electron chi connectivity index (χ4n) is 11.4. The van der Waals surface area contributed by atoms with Crippen LogP contribution >= 0.6 is 0 Å². The minimum Gasteiger partial charge on any atom is -0.481 e. The van der Waals surface area contributed by atoms with E-state index in [1.807, 2.05) is 0 Å². The summed E-state index contributed by atoms with van der Waals surface area (Å²) in [7, 11) is 0. The quantitative estimate of drug-likeness (QED) is 0.0215. The van der Waals surface area contributed by atoms with Crippen molar-refractivity contribution in [2.75, 3.05) is 19.6 Å². The highest BCUT2D eigenvalue weighted by atomic mass is 19.1. The average molecular weight is 1160 g/mol. The van der Waals surface area contributed by atoms with Crippen LogP contribution in [0.25, 0.3) is 22.3 Å². The lowest BCUT2D eigenvalue weighted by Crippen LogP contribution is -2.44. The normalized spacial score (nSPS) is 17.2. The van der Waals surface area contributed by atoms with Crippen LogP contribution < -0.4 is 26.8 Å². The van der Waals surface area contributed by atoms with Gasteiger partial charge in [-0.15, -0.1) is 0 Å². The van der Waals surface area contributed by atoms with E-state index in [-0.39, 0.29) is 87.6 Å². The SMILES string of the molecule is CC[C@@]1(O)C(=O)OCc2c1cc1n(c2=O)Cc2c-1nc1cc(F)c(C)c3c1c2[C@@H](NC(=O)CCCCCC(=O)CNC(=O)[C@@H](CC(=O)CNC(=O)CCC(=O)[C@H](CC(=O)O)NC(=O)CCCCCN1C(=O)C=CC1=O)Cc1ccccc1)CC3. The zero-order valence-electron chi connectivity index (χ0n) is 46.9. The Bertz CT molecular complexity index is 3410. The van der Waals surface area contributed by atoms with E-state index < -0.39 is 114 Å². The number of pyridine rings is 2. The molecule has 2 aromatic heterocycles. The molecular weight excluding hydrogens is 1090 g/mol. The smallest absolute Gasteiger partial charge is 0.343 e. The van der Waals surface area contributed by atoms with Crippen molar-refractivity contribution >= 4 is 75.6 Å². The number of imide groups is 1. The van der Waals surface area contributed by atoms with Gasteiger partial charge in [-0.1, -0.05) is 50.1 Å². The van der Waals surface area contributed by atoms with Crippen LogP contribution in [0.5, 0.6) is 0 Å². The standard InChI is InChI=1S/C61H68FN7O15/c1-3-61(83)42-27-47-57-40(32-69(47)59(81)41(42)33-84-60(61)82)56-44(19-18-39-34(2)43(62)28-46(67-57)55(39)56)65-50(74)16-10-5-9-15-37(70)30-64-58(80)36(25-35-13-7-4-8-14-35)26-38(71)31-63-49(73)21-20-48(72)45(29-54(78)79)66-51(75)17-11-6-12-24-68-52(76)22-23-53(68)77/h4,7-8,13-14,22-23,27-28,36,44-45,83H,3,5-6,9-12,15-21,24-26,29-33H2,1-2H3,(H,63,73)(H,64,80)(H,65,74)(H,66,75)(H,78,79)/t36-,44+,45+,61+/m1/s1. The van der Waals surface area contributed by atoms with Crippen LogP contribution in [-0.4, -0.2) is 115 Å². The van der Waals surface area contributed by atoms with Gasteiger partial charge in [-0.25, -0.2) is 14.2 Å². The summed E-state index contributed by atoms with van der Waals surface area (Å²) in [5.41, 5.74) is 2.31. The molecule has 0 saturated carbocycles. The van der Waals surface area contributed by atoms with Crippen molar-refractivity contribution in [3.05, 3.63) is 110 Å². The van der Waals surface area contributed by atoms with E-state index in [2.05, 4.69) is 21.3 Å². The molecule has 23 heteroatoms. The molecule has 444 valence electrons. The lowest BCUT2D eigenvalue weighted by atomic mass is 9.81. The zero-order chi connectivity index (χ0) is 60.4. The summed E-state index contributed by atoms with van der Waals surface area (Å²) in [4.78, 5) is 159. The first-order valence-corrected chi connectivity index (χ1v) is 28.5. The number of unbranched alkanes of at least 4 members (excludes halogenated alkanes) is 4. The second-order valence-electron chi connectivity index (χ2n) is 21.9. The van der Waals surface area contributed by atoms with E-state index >= 15 is 4.39 Å². The third-order valence-corrected chi connectivity index (χ3v) is 16.1. The number of carbonyl (C=O) groups is 11. The monoisotopic (exact) mass is 1160 g/mol. The fourth-order valence-corrected chi connectivity index (χ4v) is 11.4. The molecule has 4 aromatic rings. The van der Waals surface area contributed by atoms with Gasteiger partial charge in [-0.2, -0.15) is 0 Å². The molecule has 0 saturated heterocycles. The Kier molecular flexibility index (Phi) is 19.9. The molecule has 22 nitrogen and oxygen atoms in total. The van der Waals surface area contributed by atoms with Crippen molar-refractivity contribution in [2.24, 2.45) is 5.92 Å². The molecule has 0 radical (unpaired) electrons. The van der Waals surface area contributed by atoms with Crippen molar-refractivity contribution in [2.45, 2.75) is 154 Å². The lowest BCUT2D eigenvalue weighted by Gasteiger charge is -2.31. The number of ketones is 3. The second kappa shape index (κ2) is 27.2. The first-order chi connectivity index (χ1) is 40.2. The van der Waals surface area contributed by atoms with E-state index in [9.17, 15) is 67.7 Å². The van der Waals surface area contributed by atoms with Crippen LogP contribution in [0.4, 0.5) is 4.39 Å². The van der Waals surface area contributed by atoms with Crippen molar-refractivity contribution in [1.82, 2.24) is 35.7 Å². The number of aromatic nitrogens is 2. The van der Waals surface area contributed by atoms with Crippen LogP contribution in [0, 0.1) is 18.7 Å². The van der Waals surface area contributed by atoms with Gasteiger partial charge in [-0.05, 0) is 86.6 Å². The average Bonchev–Trinajstić information content (AvgIpc) is 1.59. The lowest BCUT2D eigenvalue weighted by molar-refractivity contribution is -0.172. The second-order valence-corrected chi connectivity index (χ2v) is 21.9. The number of aliphatic hydroxyl groups is 1. The summed E-state index contributed by atoms with van der Waals surface area (Å²) in [5, 5.41) is 32.1. The third kappa shape index (κ3) is 14.2. The molecule has 84 heavy (non-hydrogen) atoms. The number of hydrogen-bond acceptors (Lipinski definition) is 15. The number of carbonyl (C=O) groups excluding carboxylic acids is 10. The van der Waals surface area contributed by atoms with Gasteiger partial charge in [0.25, 0.3) is 17.4 Å². The van der Waals surface area contributed by atoms with E-state index in [4.69, 9.17) is 9.72 Å². The van der Waals surface area contributed by atoms with Crippen LogP contribution in [-0.2, 0) is 89.1 Å². The minimum absolute atomic E-state index is 0.0377. The van der Waals surface area contributed by atoms with Crippen molar-refractivity contribution < 1.29 is 72.1 Å². The van der Waals surface area contributed by atoms with E-state index in [0.717, 1.165) is 21.6 Å². The van der Waals surface area contributed by atoms with Gasteiger partial charge in [0.2, 0.25) is 23.6 Å². The summed E-state index contributed by atoms with van der Waals surface area (Å²) < 4.78 is 22.1. The highest BCUT2D eigenvalue weighted by Gasteiger charge is 2.46. The zero-order valence-corrected chi connectivity index (χ0v) is 46.9. The number of ether oxygens (including phenoxy) is 1. The number of esters is 1. The maximum atomic E-state index is 15.4. The number of hydrogen-bond donors (Lipinski definition) is 6. The number of nitrogens with zero attached hydrogens (tertiary/aromatic N) is 3. The van der Waals surface area contributed by atoms with E-state index in [1.54, 1.807) is 50.2 Å². The number of carboxylic acid groups (broad SMARTS) is 1. The fraction of sp³-hybridized carbons (Fsp3) is 0.459. The van der Waals surface area contributed by atoms with Crippen LogP contribution in [0.3, 0.4) is 0 Å². The van der Waals surface area contributed by atoms with Gasteiger partial charge >= 0.3 is 11.9 Å². The molecule has 3 aliphatic heterocycles. The van der Waals surface area contributed by atoms with Gasteiger partial charge in [-0.3, -0.25) is 57.6 Å². The summed E-state index contributed by atoms with van der Waals surface area (Å²) >= 11 is 0. The number of nitrogens with one attached hydrogen (secondary N) is 4. The minimum atomic E-state index is -2.04. The summed E-state index contributed by atoms with van der Waals surface area (Å²) in [6.07, 6.45) is 4.29. The third-order valence-electron chi connectivity index (χ3n) is 16.1. The molecule has 0 bridgehead atoms. The molecular formula is C61H68FN7O15. The van der Waals surface area contributed by atoms with Crippen molar-refractivity contribution in [3.8, 4) is 11.4 Å². The molecule has 0 fully saturated rings. The maximum Gasteiger partial charge on any atom is 0.343 e. The Labute approximate surface area is 482 Å². The molecule has 6 N–H and O–H groups in total. The van der Waals surface area contributed by atoms with E-state index in [0.29, 0.717) is 84.8 Å². The number of carboxylic acids is 1. The number of rotatable bonds is 30. The van der Waals surface area contributed by atoms with Crippen molar-refractivity contribution in [3.63, 3.8) is 0 Å². The summed E-state index contributed by atoms with van der Waals surface area (Å²) in [6.45, 7) is 2.49. The number of benzene rings is 2. The molecule has 6 amide bonds. The van der Waals surface area contributed by atoms with Gasteiger partial charge in [0.1, 0.15) is 12.4 Å². The van der Waals surface area contributed by atoms with Crippen LogP contribution in [0.2, 0.25) is 0 Å². The highest BCUT2D eigenvalue weighted by Crippen LogP contribution is 2.46. The number of halogens is 1. The van der Waals surface area contributed by atoms with Gasteiger partial charge in [0.05, 0.1) is 60.6 Å². The molecule has 8 rings (SSSR count). The number of aliphatic carboxylic acids is 1. The molecule has 2 aromatic carbocycles. The number of aryl methyl sites for hydroxylation is 1. The Morgan fingerprint density at radius 3 is 2.20 bits per heavy atom. The largest absolute Gasteiger partial charge is 0.481 e. The number of cyclic esters (lactones) is 1. The molecule has 0 unspecified atom stereocenters. The Hall–Kier alpha value is -8.60. The van der Waals surface area contributed by atoms with Crippen molar-refractivity contribution in [1.29, 1.82) is 0 Å². The van der Waals surface area contributed by atoms with Gasteiger partial charge in [0, 0.05) is 85.7 Å².